The molecule has 22 heavy (non-hydrogen) atoms. The first-order valence-corrected chi connectivity index (χ1v) is 8.47. The van der Waals surface area contributed by atoms with E-state index < -0.39 is 0 Å². The van der Waals surface area contributed by atoms with E-state index in [0.717, 1.165) is 15.2 Å². The molecule has 0 aliphatic heterocycles. The van der Waals surface area contributed by atoms with Crippen molar-refractivity contribution < 1.29 is 4.79 Å². The Balaban J connectivity index is 1.57. The van der Waals surface area contributed by atoms with E-state index in [0.29, 0.717) is 11.4 Å². The Kier molecular flexibility index (Phi) is 4.55. The third-order valence-electron chi connectivity index (χ3n) is 2.93. The smallest absolute Gasteiger partial charge is 0.210 e. The Labute approximate surface area is 136 Å². The first-order chi connectivity index (χ1) is 10.7. The van der Waals surface area contributed by atoms with Gasteiger partial charge in [0.05, 0.1) is 11.4 Å². The van der Waals surface area contributed by atoms with E-state index in [1.165, 1.54) is 28.7 Å². The van der Waals surface area contributed by atoms with Crippen molar-refractivity contribution in [1.82, 2.24) is 15.2 Å². The van der Waals surface area contributed by atoms with Gasteiger partial charge in [0, 0.05) is 11.9 Å². The molecule has 0 radical (unpaired) electrons. The van der Waals surface area contributed by atoms with Gasteiger partial charge >= 0.3 is 0 Å². The molecule has 7 heteroatoms. The van der Waals surface area contributed by atoms with Crippen molar-refractivity contribution in [2.24, 2.45) is 0 Å². The number of anilines is 2. The molecule has 2 heterocycles. The second-order valence-electron chi connectivity index (χ2n) is 4.66. The summed E-state index contributed by atoms with van der Waals surface area (Å²) in [7, 11) is 0. The maximum absolute atomic E-state index is 11.9. The average molecular weight is 330 g/mol. The van der Waals surface area contributed by atoms with Crippen LogP contribution >= 0.6 is 23.1 Å². The summed E-state index contributed by atoms with van der Waals surface area (Å²) in [5, 5.41) is 12.1. The summed E-state index contributed by atoms with van der Waals surface area (Å²) >= 11 is 2.83. The van der Waals surface area contributed by atoms with Crippen LogP contribution in [0.3, 0.4) is 0 Å². The van der Waals surface area contributed by atoms with Gasteiger partial charge in [0.25, 0.3) is 0 Å². The quantitative estimate of drug-likeness (QED) is 0.530. The van der Waals surface area contributed by atoms with Gasteiger partial charge in [-0.2, -0.15) is 0 Å². The Morgan fingerprint density at radius 3 is 2.82 bits per heavy atom. The van der Waals surface area contributed by atoms with Crippen molar-refractivity contribution in [3.8, 4) is 0 Å². The molecule has 3 aromatic rings. The highest BCUT2D eigenvalue weighted by atomic mass is 32.2. The lowest BCUT2D eigenvalue weighted by atomic mass is 10.2. The van der Waals surface area contributed by atoms with Crippen LogP contribution in [0.4, 0.5) is 10.8 Å². The fourth-order valence-corrected chi connectivity index (χ4v) is 3.44. The van der Waals surface area contributed by atoms with E-state index in [1.807, 2.05) is 37.3 Å². The number of carbonyl (C=O) groups is 1. The normalized spacial score (nSPS) is 10.6. The van der Waals surface area contributed by atoms with E-state index in [9.17, 15) is 4.79 Å². The lowest BCUT2D eigenvalue weighted by Gasteiger charge is -2.01. The number of Topliss-reactive ketones (excluding diaryl/α,β-unsaturated/α-hetero) is 1. The van der Waals surface area contributed by atoms with Crippen molar-refractivity contribution in [1.29, 1.82) is 0 Å². The Morgan fingerprint density at radius 2 is 2.09 bits per heavy atom. The molecule has 0 aliphatic rings. The molecule has 0 saturated heterocycles. The standard InChI is InChI=1S/C15H14N4OS2/c1-10-4-6-11(7-5-10)17-14-18-19-15(22-14)21-9-13(20)12-3-2-8-16-12/h2-8,16H,9H2,1H3,(H,17,18). The second kappa shape index (κ2) is 6.76. The molecule has 0 bridgehead atoms. The molecule has 2 N–H and O–H groups in total. The van der Waals surface area contributed by atoms with Crippen LogP contribution in [0.25, 0.3) is 0 Å². The Bertz CT molecular complexity index is 750. The number of hydrogen-bond acceptors (Lipinski definition) is 6. The zero-order valence-electron chi connectivity index (χ0n) is 11.9. The highest BCUT2D eigenvalue weighted by Gasteiger charge is 2.10. The number of aromatic nitrogens is 3. The summed E-state index contributed by atoms with van der Waals surface area (Å²) in [4.78, 5) is 14.8. The van der Waals surface area contributed by atoms with E-state index in [-0.39, 0.29) is 5.78 Å². The van der Waals surface area contributed by atoms with Crippen LogP contribution in [-0.2, 0) is 0 Å². The Morgan fingerprint density at radius 1 is 1.27 bits per heavy atom. The number of H-pyrrole nitrogens is 1. The average Bonchev–Trinajstić information content (AvgIpc) is 3.19. The van der Waals surface area contributed by atoms with Gasteiger partial charge in [0.15, 0.2) is 10.1 Å². The first-order valence-electron chi connectivity index (χ1n) is 6.67. The SMILES string of the molecule is Cc1ccc(Nc2nnc(SCC(=O)c3ccc[nH]3)s2)cc1. The molecular formula is C15H14N4OS2. The van der Waals surface area contributed by atoms with Crippen LogP contribution in [0.5, 0.6) is 0 Å². The predicted molar refractivity (Wildman–Crippen MR) is 90.2 cm³/mol. The number of aryl methyl sites for hydroxylation is 1. The molecule has 0 unspecified atom stereocenters. The molecule has 1 aromatic carbocycles. The number of carbonyl (C=O) groups excluding carboxylic acids is 1. The zero-order valence-corrected chi connectivity index (χ0v) is 13.5. The molecular weight excluding hydrogens is 316 g/mol. The molecule has 3 rings (SSSR count). The molecule has 0 spiro atoms. The third kappa shape index (κ3) is 3.75. The molecule has 5 nitrogen and oxygen atoms in total. The van der Waals surface area contributed by atoms with Gasteiger partial charge in [-0.25, -0.2) is 0 Å². The van der Waals surface area contributed by atoms with Crippen LogP contribution in [0.2, 0.25) is 0 Å². The first kappa shape index (κ1) is 14.8. The fourth-order valence-electron chi connectivity index (χ4n) is 1.79. The van der Waals surface area contributed by atoms with Crippen molar-refractivity contribution in [2.75, 3.05) is 11.1 Å². The van der Waals surface area contributed by atoms with E-state index in [2.05, 4.69) is 20.5 Å². The van der Waals surface area contributed by atoms with Gasteiger partial charge < -0.3 is 10.3 Å². The number of thioether (sulfide) groups is 1. The van der Waals surface area contributed by atoms with E-state index >= 15 is 0 Å². The monoisotopic (exact) mass is 330 g/mol. The van der Waals surface area contributed by atoms with Gasteiger partial charge in [-0.15, -0.1) is 10.2 Å². The lowest BCUT2D eigenvalue weighted by molar-refractivity contribution is 0.101. The van der Waals surface area contributed by atoms with Crippen LogP contribution in [0, 0.1) is 6.92 Å². The second-order valence-corrected chi connectivity index (χ2v) is 6.86. The van der Waals surface area contributed by atoms with Gasteiger partial charge in [0.2, 0.25) is 5.13 Å². The topological polar surface area (TPSA) is 70.7 Å². The van der Waals surface area contributed by atoms with Gasteiger partial charge in [-0.1, -0.05) is 40.8 Å². The van der Waals surface area contributed by atoms with Crippen molar-refractivity contribution in [3.63, 3.8) is 0 Å². The lowest BCUT2D eigenvalue weighted by Crippen LogP contribution is -2.02. The zero-order chi connectivity index (χ0) is 15.4. The number of rotatable bonds is 6. The minimum atomic E-state index is 0.0539. The van der Waals surface area contributed by atoms with E-state index in [1.54, 1.807) is 12.3 Å². The maximum Gasteiger partial charge on any atom is 0.210 e. The van der Waals surface area contributed by atoms with Crippen LogP contribution in [0.1, 0.15) is 16.1 Å². The summed E-state index contributed by atoms with van der Waals surface area (Å²) in [5.41, 5.74) is 2.80. The van der Waals surface area contributed by atoms with Gasteiger partial charge in [-0.05, 0) is 31.2 Å². The number of hydrogen-bond donors (Lipinski definition) is 2. The number of nitrogens with one attached hydrogen (secondary N) is 2. The summed E-state index contributed by atoms with van der Waals surface area (Å²) in [6, 6.07) is 11.7. The van der Waals surface area contributed by atoms with Crippen molar-refractivity contribution in [2.45, 2.75) is 11.3 Å². The minimum absolute atomic E-state index is 0.0539. The molecule has 0 fully saturated rings. The molecule has 2 aromatic heterocycles. The van der Waals surface area contributed by atoms with Crippen molar-refractivity contribution >= 4 is 39.7 Å². The number of benzene rings is 1. The molecule has 0 amide bonds. The fraction of sp³-hybridized carbons (Fsp3) is 0.133. The maximum atomic E-state index is 11.9. The van der Waals surface area contributed by atoms with Crippen LogP contribution < -0.4 is 5.32 Å². The largest absolute Gasteiger partial charge is 0.359 e. The van der Waals surface area contributed by atoms with Gasteiger partial charge in [-0.3, -0.25) is 4.79 Å². The number of ketones is 1. The molecule has 112 valence electrons. The number of aromatic amines is 1. The highest BCUT2D eigenvalue weighted by molar-refractivity contribution is 8.01. The minimum Gasteiger partial charge on any atom is -0.359 e. The van der Waals surface area contributed by atoms with Crippen LogP contribution in [-0.4, -0.2) is 26.7 Å². The molecule has 0 atom stereocenters. The predicted octanol–water partition coefficient (Wildman–Crippen LogP) is 3.89. The van der Waals surface area contributed by atoms with Crippen molar-refractivity contribution in [3.05, 3.63) is 53.9 Å². The van der Waals surface area contributed by atoms with E-state index in [4.69, 9.17) is 0 Å². The highest BCUT2D eigenvalue weighted by Crippen LogP contribution is 2.28. The molecule has 0 aliphatic carbocycles. The number of nitrogens with zero attached hydrogens (tertiary/aromatic N) is 2. The summed E-state index contributed by atoms with van der Waals surface area (Å²) in [6.07, 6.45) is 1.74. The van der Waals surface area contributed by atoms with Crippen LogP contribution in [0.15, 0.2) is 46.9 Å². The molecule has 0 saturated carbocycles. The van der Waals surface area contributed by atoms with Gasteiger partial charge in [0.1, 0.15) is 0 Å². The summed E-state index contributed by atoms with van der Waals surface area (Å²) in [5.74, 6) is 0.401. The summed E-state index contributed by atoms with van der Waals surface area (Å²) in [6.45, 7) is 2.05. The third-order valence-corrected chi connectivity index (χ3v) is 4.91. The summed E-state index contributed by atoms with van der Waals surface area (Å²) < 4.78 is 0.773. The Hall–Kier alpha value is -2.12.